The van der Waals surface area contributed by atoms with E-state index in [2.05, 4.69) is 15.9 Å². The van der Waals surface area contributed by atoms with Gasteiger partial charge in [-0.05, 0) is 36.2 Å². The first kappa shape index (κ1) is 21.4. The third kappa shape index (κ3) is 8.63. The van der Waals surface area contributed by atoms with Gasteiger partial charge in [0.1, 0.15) is 18.1 Å². The Morgan fingerprint density at radius 2 is 1.73 bits per heavy atom. The van der Waals surface area contributed by atoms with Gasteiger partial charge in [0, 0.05) is 17.7 Å². The third-order valence-corrected chi connectivity index (χ3v) is 4.64. The second kappa shape index (κ2) is 10.4. The molecule has 0 bridgehead atoms. The standard InChI is InChI=1S/C19H18BrCl3O3/c20-15(12-19(21,22)23)9-10-18(24)25-13-14-5-4-8-17(11-14)26-16-6-2-1-3-7-16/h1-8,11,15H,9-10,12-13H2. The van der Waals surface area contributed by atoms with Crippen molar-refractivity contribution in [3.8, 4) is 11.5 Å². The topological polar surface area (TPSA) is 35.5 Å². The van der Waals surface area contributed by atoms with Crippen LogP contribution in [-0.4, -0.2) is 14.6 Å². The number of hydrogen-bond acceptors (Lipinski definition) is 3. The van der Waals surface area contributed by atoms with Crippen LogP contribution in [0.15, 0.2) is 54.6 Å². The largest absolute Gasteiger partial charge is 0.461 e. The lowest BCUT2D eigenvalue weighted by Gasteiger charge is -2.15. The van der Waals surface area contributed by atoms with Gasteiger partial charge in [0.2, 0.25) is 0 Å². The van der Waals surface area contributed by atoms with E-state index in [0.29, 0.717) is 18.6 Å². The zero-order valence-corrected chi connectivity index (χ0v) is 17.7. The maximum atomic E-state index is 11.9. The molecule has 0 aliphatic rings. The number of carbonyl (C=O) groups excluding carboxylic acids is 1. The van der Waals surface area contributed by atoms with Crippen LogP contribution in [0.25, 0.3) is 0 Å². The van der Waals surface area contributed by atoms with E-state index in [0.717, 1.165) is 11.3 Å². The Hall–Kier alpha value is -0.940. The zero-order chi connectivity index (χ0) is 19.0. The summed E-state index contributed by atoms with van der Waals surface area (Å²) in [6, 6.07) is 16.9. The van der Waals surface area contributed by atoms with Crippen molar-refractivity contribution in [2.45, 2.75) is 34.5 Å². The Morgan fingerprint density at radius 1 is 1.04 bits per heavy atom. The first-order valence-corrected chi connectivity index (χ1v) is 10.0. The van der Waals surface area contributed by atoms with Crippen molar-refractivity contribution in [3.05, 3.63) is 60.2 Å². The molecule has 26 heavy (non-hydrogen) atoms. The number of rotatable bonds is 8. The number of ether oxygens (including phenoxy) is 2. The Kier molecular flexibility index (Phi) is 8.55. The minimum atomic E-state index is -1.34. The maximum absolute atomic E-state index is 11.9. The van der Waals surface area contributed by atoms with Gasteiger partial charge in [0.15, 0.2) is 3.79 Å². The Bertz CT molecular complexity index is 705. The van der Waals surface area contributed by atoms with Crippen molar-refractivity contribution in [3.63, 3.8) is 0 Å². The molecule has 3 nitrogen and oxygen atoms in total. The average Bonchev–Trinajstić information content (AvgIpc) is 2.58. The molecule has 1 unspecified atom stereocenters. The van der Waals surface area contributed by atoms with E-state index < -0.39 is 3.79 Å². The van der Waals surface area contributed by atoms with Crippen LogP contribution in [0.1, 0.15) is 24.8 Å². The quantitative estimate of drug-likeness (QED) is 0.307. The van der Waals surface area contributed by atoms with Crippen LogP contribution in [0.3, 0.4) is 0 Å². The van der Waals surface area contributed by atoms with E-state index >= 15 is 0 Å². The summed E-state index contributed by atoms with van der Waals surface area (Å²) in [7, 11) is 0. The lowest BCUT2D eigenvalue weighted by atomic mass is 10.2. The lowest BCUT2D eigenvalue weighted by Crippen LogP contribution is -2.14. The number of carbonyl (C=O) groups is 1. The van der Waals surface area contributed by atoms with Crippen molar-refractivity contribution in [1.82, 2.24) is 0 Å². The summed E-state index contributed by atoms with van der Waals surface area (Å²) in [5, 5.41) is 0. The predicted octanol–water partition coefficient (Wildman–Crippen LogP) is 6.83. The Labute approximate surface area is 176 Å². The van der Waals surface area contributed by atoms with E-state index in [9.17, 15) is 4.79 Å². The molecule has 0 aromatic heterocycles. The molecular weight excluding hydrogens is 462 g/mol. The first-order chi connectivity index (χ1) is 12.3. The van der Waals surface area contributed by atoms with E-state index in [-0.39, 0.29) is 23.8 Å². The van der Waals surface area contributed by atoms with Gasteiger partial charge in [-0.15, -0.1) is 0 Å². The summed E-state index contributed by atoms with van der Waals surface area (Å²) in [5.74, 6) is 1.14. The molecular formula is C19H18BrCl3O3. The molecule has 0 saturated heterocycles. The van der Waals surface area contributed by atoms with E-state index in [4.69, 9.17) is 44.3 Å². The fourth-order valence-electron chi connectivity index (χ4n) is 2.19. The molecule has 0 spiro atoms. The van der Waals surface area contributed by atoms with E-state index in [1.165, 1.54) is 0 Å². The molecule has 0 heterocycles. The van der Waals surface area contributed by atoms with Crippen LogP contribution < -0.4 is 4.74 Å². The maximum Gasteiger partial charge on any atom is 0.306 e. The Balaban J connectivity index is 1.78. The molecule has 2 rings (SSSR count). The van der Waals surface area contributed by atoms with Crippen molar-refractivity contribution >= 4 is 56.7 Å². The molecule has 0 fully saturated rings. The molecule has 7 heteroatoms. The van der Waals surface area contributed by atoms with Crippen molar-refractivity contribution < 1.29 is 14.3 Å². The van der Waals surface area contributed by atoms with Crippen LogP contribution in [0, 0.1) is 0 Å². The fraction of sp³-hybridized carbons (Fsp3) is 0.316. The number of halogens is 4. The summed E-state index contributed by atoms with van der Waals surface area (Å²) >= 11 is 20.6. The van der Waals surface area contributed by atoms with Crippen LogP contribution in [-0.2, 0) is 16.1 Å². The molecule has 0 aliphatic heterocycles. The smallest absolute Gasteiger partial charge is 0.306 e. The van der Waals surface area contributed by atoms with Gasteiger partial charge >= 0.3 is 5.97 Å². The number of benzene rings is 2. The van der Waals surface area contributed by atoms with Crippen LogP contribution in [0.5, 0.6) is 11.5 Å². The third-order valence-electron chi connectivity index (χ3n) is 3.39. The average molecular weight is 481 g/mol. The summed E-state index contributed by atoms with van der Waals surface area (Å²) in [4.78, 5) is 11.8. The Morgan fingerprint density at radius 3 is 2.42 bits per heavy atom. The SMILES string of the molecule is O=C(CCC(Br)CC(Cl)(Cl)Cl)OCc1cccc(Oc2ccccc2)c1. The highest BCUT2D eigenvalue weighted by atomic mass is 79.9. The highest BCUT2D eigenvalue weighted by Crippen LogP contribution is 2.34. The number of alkyl halides is 4. The van der Waals surface area contributed by atoms with Gasteiger partial charge < -0.3 is 9.47 Å². The molecule has 2 aromatic rings. The highest BCUT2D eigenvalue weighted by Gasteiger charge is 2.24. The molecule has 0 N–H and O–H groups in total. The molecule has 2 aromatic carbocycles. The summed E-state index contributed by atoms with van der Waals surface area (Å²) in [5.41, 5.74) is 0.850. The second-order valence-electron chi connectivity index (χ2n) is 5.68. The summed E-state index contributed by atoms with van der Waals surface area (Å²) in [6.07, 6.45) is 1.10. The van der Waals surface area contributed by atoms with Crippen LogP contribution in [0.4, 0.5) is 0 Å². The summed E-state index contributed by atoms with van der Waals surface area (Å²) in [6.45, 7) is 0.183. The van der Waals surface area contributed by atoms with Crippen LogP contribution in [0.2, 0.25) is 0 Å². The first-order valence-electron chi connectivity index (χ1n) is 8.00. The lowest BCUT2D eigenvalue weighted by molar-refractivity contribution is -0.145. The second-order valence-corrected chi connectivity index (χ2v) is 9.49. The minimum absolute atomic E-state index is 0.0647. The molecule has 0 aliphatic carbocycles. The number of para-hydroxylation sites is 1. The normalized spacial score (nSPS) is 12.5. The molecule has 0 radical (unpaired) electrons. The van der Waals surface area contributed by atoms with Gasteiger partial charge in [0.05, 0.1) is 0 Å². The van der Waals surface area contributed by atoms with Gasteiger partial charge in [-0.1, -0.05) is 81.1 Å². The zero-order valence-electron chi connectivity index (χ0n) is 13.8. The van der Waals surface area contributed by atoms with Gasteiger partial charge in [-0.3, -0.25) is 4.79 Å². The molecule has 1 atom stereocenters. The molecule has 0 saturated carbocycles. The van der Waals surface area contributed by atoms with Gasteiger partial charge in [-0.25, -0.2) is 0 Å². The molecule has 140 valence electrons. The number of esters is 1. The van der Waals surface area contributed by atoms with Crippen molar-refractivity contribution in [2.24, 2.45) is 0 Å². The highest BCUT2D eigenvalue weighted by molar-refractivity contribution is 9.09. The molecule has 0 amide bonds. The monoisotopic (exact) mass is 478 g/mol. The minimum Gasteiger partial charge on any atom is -0.461 e. The van der Waals surface area contributed by atoms with Crippen molar-refractivity contribution in [1.29, 1.82) is 0 Å². The fourth-order valence-corrected chi connectivity index (χ4v) is 4.02. The van der Waals surface area contributed by atoms with E-state index in [1.54, 1.807) is 0 Å². The number of hydrogen-bond donors (Lipinski definition) is 0. The van der Waals surface area contributed by atoms with Crippen molar-refractivity contribution in [2.75, 3.05) is 0 Å². The van der Waals surface area contributed by atoms with Gasteiger partial charge in [0.25, 0.3) is 0 Å². The van der Waals surface area contributed by atoms with E-state index in [1.807, 2.05) is 54.6 Å². The summed E-state index contributed by atoms with van der Waals surface area (Å²) < 4.78 is 9.73. The van der Waals surface area contributed by atoms with Gasteiger partial charge in [-0.2, -0.15) is 0 Å². The predicted molar refractivity (Wildman–Crippen MR) is 110 cm³/mol. The van der Waals surface area contributed by atoms with Crippen LogP contribution >= 0.6 is 50.7 Å².